The number of benzene rings is 1. The number of ketones is 1. The number of nitrogens with zero attached hydrogens (tertiary/aromatic N) is 3. The largest absolute Gasteiger partial charge is 0.383 e. The number of carbonyl (C=O) groups is 1. The number of Topliss-reactive ketones (excluding diaryl/α,β-unsaturated/α-hetero) is 1. The summed E-state index contributed by atoms with van der Waals surface area (Å²) in [5.74, 6) is -0.0297. The molecule has 29 heavy (non-hydrogen) atoms. The van der Waals surface area contributed by atoms with Crippen molar-refractivity contribution in [2.24, 2.45) is 11.1 Å². The monoisotopic (exact) mass is 412 g/mol. The van der Waals surface area contributed by atoms with Gasteiger partial charge in [-0.3, -0.25) is 9.80 Å². The van der Waals surface area contributed by atoms with Gasteiger partial charge in [0, 0.05) is 35.8 Å². The van der Waals surface area contributed by atoms with E-state index in [4.69, 9.17) is 22.1 Å². The highest BCUT2D eigenvalue weighted by molar-refractivity contribution is 6.30. The molecule has 1 atom stereocenters. The minimum Gasteiger partial charge on any atom is -0.383 e. The minimum atomic E-state index is -0.491. The Kier molecular flexibility index (Phi) is 5.16. The van der Waals surface area contributed by atoms with Crippen molar-refractivity contribution in [1.82, 2.24) is 10.0 Å². The van der Waals surface area contributed by atoms with Gasteiger partial charge in [-0.15, -0.1) is 0 Å². The van der Waals surface area contributed by atoms with E-state index in [9.17, 15) is 10.1 Å². The molecule has 2 heterocycles. The molecule has 1 unspecified atom stereocenters. The molecule has 1 aromatic carbocycles. The predicted molar refractivity (Wildman–Crippen MR) is 110 cm³/mol. The van der Waals surface area contributed by atoms with Gasteiger partial charge < -0.3 is 10.5 Å². The van der Waals surface area contributed by atoms with Crippen LogP contribution in [0.15, 0.2) is 46.9 Å². The molecule has 0 saturated carbocycles. The SMILES string of the molecule is CC1(C)CC(=O)C2=C(C1)N(N1CCOCC1)C(N)=C(C#N)C2c1cccc(Cl)c1. The van der Waals surface area contributed by atoms with Gasteiger partial charge in [0.15, 0.2) is 5.78 Å². The lowest BCUT2D eigenvalue weighted by Gasteiger charge is -2.48. The van der Waals surface area contributed by atoms with Crippen molar-refractivity contribution in [3.8, 4) is 6.07 Å². The molecular weight excluding hydrogens is 388 g/mol. The Labute approximate surface area is 176 Å². The van der Waals surface area contributed by atoms with Crippen LogP contribution in [0, 0.1) is 16.7 Å². The lowest BCUT2D eigenvalue weighted by atomic mass is 9.69. The first-order valence-electron chi connectivity index (χ1n) is 9.86. The third kappa shape index (κ3) is 3.55. The molecule has 152 valence electrons. The van der Waals surface area contributed by atoms with Gasteiger partial charge in [-0.1, -0.05) is 37.6 Å². The van der Waals surface area contributed by atoms with Crippen LogP contribution in [0.2, 0.25) is 5.02 Å². The molecule has 1 aliphatic carbocycles. The van der Waals surface area contributed by atoms with Gasteiger partial charge in [-0.05, 0) is 29.5 Å². The van der Waals surface area contributed by atoms with Gasteiger partial charge in [0.05, 0.1) is 30.8 Å². The molecule has 0 aromatic heterocycles. The maximum atomic E-state index is 13.4. The molecular formula is C22H25ClN4O2. The summed E-state index contributed by atoms with van der Waals surface area (Å²) in [6, 6.07) is 9.64. The molecule has 1 fully saturated rings. The number of allylic oxidation sites excluding steroid dienone is 3. The molecule has 2 aliphatic heterocycles. The van der Waals surface area contributed by atoms with Crippen molar-refractivity contribution in [2.75, 3.05) is 26.3 Å². The van der Waals surface area contributed by atoms with Crippen LogP contribution in [0.25, 0.3) is 0 Å². The van der Waals surface area contributed by atoms with Crippen molar-refractivity contribution in [3.63, 3.8) is 0 Å². The first-order chi connectivity index (χ1) is 13.8. The molecule has 1 saturated heterocycles. The number of carbonyl (C=O) groups excluding carboxylic acids is 1. The summed E-state index contributed by atoms with van der Waals surface area (Å²) in [4.78, 5) is 13.4. The first kappa shape index (κ1) is 20.0. The van der Waals surface area contributed by atoms with Gasteiger partial charge in [0.2, 0.25) is 0 Å². The highest BCUT2D eigenvalue weighted by Crippen LogP contribution is 2.49. The summed E-state index contributed by atoms with van der Waals surface area (Å²) in [5, 5.41) is 14.6. The Morgan fingerprint density at radius 2 is 2.00 bits per heavy atom. The average Bonchev–Trinajstić information content (AvgIpc) is 2.67. The second-order valence-electron chi connectivity index (χ2n) is 8.58. The van der Waals surface area contributed by atoms with Crippen LogP contribution < -0.4 is 5.73 Å². The van der Waals surface area contributed by atoms with E-state index in [-0.39, 0.29) is 11.2 Å². The van der Waals surface area contributed by atoms with Gasteiger partial charge in [0.25, 0.3) is 0 Å². The van der Waals surface area contributed by atoms with E-state index in [2.05, 4.69) is 24.9 Å². The van der Waals surface area contributed by atoms with Crippen LogP contribution in [-0.2, 0) is 9.53 Å². The number of nitrogens with two attached hydrogens (primary N) is 1. The van der Waals surface area contributed by atoms with E-state index in [0.29, 0.717) is 61.1 Å². The first-order valence-corrected chi connectivity index (χ1v) is 10.2. The van der Waals surface area contributed by atoms with E-state index in [1.165, 1.54) is 0 Å². The summed E-state index contributed by atoms with van der Waals surface area (Å²) < 4.78 is 5.49. The van der Waals surface area contributed by atoms with E-state index in [1.54, 1.807) is 6.07 Å². The van der Waals surface area contributed by atoms with Crippen molar-refractivity contribution in [1.29, 1.82) is 5.26 Å². The van der Waals surface area contributed by atoms with E-state index < -0.39 is 5.92 Å². The number of hydrogen-bond acceptors (Lipinski definition) is 6. The van der Waals surface area contributed by atoms with Crippen LogP contribution in [0.1, 0.15) is 38.2 Å². The summed E-state index contributed by atoms with van der Waals surface area (Å²) in [6.45, 7) is 6.69. The van der Waals surface area contributed by atoms with Gasteiger partial charge in [0.1, 0.15) is 5.82 Å². The van der Waals surface area contributed by atoms with Crippen LogP contribution >= 0.6 is 11.6 Å². The van der Waals surface area contributed by atoms with Crippen LogP contribution in [0.3, 0.4) is 0 Å². The molecule has 4 rings (SSSR count). The van der Waals surface area contributed by atoms with Crippen LogP contribution in [-0.4, -0.2) is 42.1 Å². The highest BCUT2D eigenvalue weighted by atomic mass is 35.5. The number of nitriles is 1. The number of morpholine rings is 1. The molecule has 1 aromatic rings. The molecule has 0 bridgehead atoms. The van der Waals surface area contributed by atoms with Gasteiger partial charge >= 0.3 is 0 Å². The number of rotatable bonds is 2. The number of hydrazine groups is 1. The zero-order valence-electron chi connectivity index (χ0n) is 16.7. The summed E-state index contributed by atoms with van der Waals surface area (Å²) in [6.07, 6.45) is 1.15. The van der Waals surface area contributed by atoms with E-state index in [0.717, 1.165) is 11.3 Å². The minimum absolute atomic E-state index is 0.0692. The quantitative estimate of drug-likeness (QED) is 0.802. The normalized spacial score (nSPS) is 25.1. The Morgan fingerprint density at radius 1 is 1.28 bits per heavy atom. The van der Waals surface area contributed by atoms with Gasteiger partial charge in [-0.25, -0.2) is 5.01 Å². The van der Waals surface area contributed by atoms with E-state index in [1.807, 2.05) is 23.2 Å². The fourth-order valence-electron chi connectivity index (χ4n) is 4.59. The molecule has 3 aliphatic rings. The van der Waals surface area contributed by atoms with Crippen LogP contribution in [0.5, 0.6) is 0 Å². The molecule has 0 spiro atoms. The topological polar surface area (TPSA) is 82.6 Å². The zero-order chi connectivity index (χ0) is 20.8. The van der Waals surface area contributed by atoms with Crippen molar-refractivity contribution in [3.05, 3.63) is 57.5 Å². The summed E-state index contributed by atoms with van der Waals surface area (Å²) in [5.41, 5.74) is 9.20. The Morgan fingerprint density at radius 3 is 2.66 bits per heavy atom. The lowest BCUT2D eigenvalue weighted by molar-refractivity contribution is -0.119. The Hall–Kier alpha value is -2.33. The number of halogens is 1. The number of hydrogen-bond donors (Lipinski definition) is 1. The van der Waals surface area contributed by atoms with Gasteiger partial charge in [-0.2, -0.15) is 5.26 Å². The smallest absolute Gasteiger partial charge is 0.162 e. The Balaban J connectivity index is 1.93. The van der Waals surface area contributed by atoms with Crippen molar-refractivity contribution < 1.29 is 9.53 Å². The molecule has 0 radical (unpaired) electrons. The van der Waals surface area contributed by atoms with E-state index >= 15 is 0 Å². The average molecular weight is 413 g/mol. The molecule has 6 nitrogen and oxygen atoms in total. The molecule has 0 amide bonds. The summed E-state index contributed by atoms with van der Waals surface area (Å²) in [7, 11) is 0. The third-order valence-electron chi connectivity index (χ3n) is 5.81. The third-order valence-corrected chi connectivity index (χ3v) is 6.04. The standard InChI is InChI=1S/C22H25ClN4O2/c1-22(2)11-17-20(18(28)12-22)19(14-4-3-5-15(23)10-14)16(13-24)21(25)27(17)26-6-8-29-9-7-26/h3-5,10,19H,6-9,11-12,25H2,1-2H3. The second kappa shape index (κ2) is 7.49. The second-order valence-corrected chi connectivity index (χ2v) is 9.01. The van der Waals surface area contributed by atoms with Crippen LogP contribution in [0.4, 0.5) is 0 Å². The fourth-order valence-corrected chi connectivity index (χ4v) is 4.79. The fraction of sp³-hybridized carbons (Fsp3) is 0.455. The maximum absolute atomic E-state index is 13.4. The lowest BCUT2D eigenvalue weighted by Crippen LogP contribution is -2.53. The maximum Gasteiger partial charge on any atom is 0.162 e. The highest BCUT2D eigenvalue weighted by Gasteiger charge is 2.45. The molecule has 7 heteroatoms. The predicted octanol–water partition coefficient (Wildman–Crippen LogP) is 3.32. The molecule has 2 N–H and O–H groups in total. The zero-order valence-corrected chi connectivity index (χ0v) is 17.5. The van der Waals surface area contributed by atoms with Crippen molar-refractivity contribution in [2.45, 2.75) is 32.6 Å². The Bertz CT molecular complexity index is 954. The van der Waals surface area contributed by atoms with Crippen molar-refractivity contribution >= 4 is 17.4 Å². The number of ether oxygens (including phenoxy) is 1. The summed E-state index contributed by atoms with van der Waals surface area (Å²) >= 11 is 6.23.